The first-order valence-electron chi connectivity index (χ1n) is 8.53. The van der Waals surface area contributed by atoms with Crippen LogP contribution in [0.25, 0.3) is 0 Å². The fraction of sp³-hybridized carbons (Fsp3) is 0.400. The molecule has 0 saturated carbocycles. The van der Waals surface area contributed by atoms with Crippen LogP contribution in [0.4, 0.5) is 5.88 Å². The molecule has 2 heterocycles. The molecule has 4 rings (SSSR count). The first-order chi connectivity index (χ1) is 11.9. The molecule has 2 aromatic rings. The largest absolute Gasteiger partial charge is 0.496 e. The van der Waals surface area contributed by atoms with Crippen molar-refractivity contribution in [3.63, 3.8) is 0 Å². The number of ketones is 1. The van der Waals surface area contributed by atoms with Gasteiger partial charge >= 0.3 is 0 Å². The lowest BCUT2D eigenvalue weighted by Crippen LogP contribution is -2.33. The third kappa shape index (κ3) is 2.46. The van der Waals surface area contributed by atoms with Crippen molar-refractivity contribution in [3.05, 3.63) is 52.4 Å². The third-order valence-electron chi connectivity index (χ3n) is 5.12. The summed E-state index contributed by atoms with van der Waals surface area (Å²) in [6, 6.07) is 7.85. The van der Waals surface area contributed by atoms with E-state index in [0.29, 0.717) is 12.3 Å². The number of rotatable bonds is 2. The second kappa shape index (κ2) is 5.48. The van der Waals surface area contributed by atoms with Crippen LogP contribution in [-0.4, -0.2) is 18.0 Å². The summed E-state index contributed by atoms with van der Waals surface area (Å²) in [5.41, 5.74) is 4.39. The molecule has 0 spiro atoms. The number of methoxy groups -OCH3 is 1. The Hall–Kier alpha value is -2.56. The van der Waals surface area contributed by atoms with Crippen LogP contribution in [0.5, 0.6) is 5.75 Å². The van der Waals surface area contributed by atoms with Crippen molar-refractivity contribution in [1.82, 2.24) is 5.16 Å². The van der Waals surface area contributed by atoms with Crippen molar-refractivity contribution in [2.24, 2.45) is 5.41 Å². The number of carbonyl (C=O) groups excluding carboxylic acids is 1. The topological polar surface area (TPSA) is 64.4 Å². The van der Waals surface area contributed by atoms with E-state index >= 15 is 0 Å². The Morgan fingerprint density at radius 2 is 2.04 bits per heavy atom. The van der Waals surface area contributed by atoms with Gasteiger partial charge in [0.1, 0.15) is 5.75 Å². The van der Waals surface area contributed by atoms with Crippen molar-refractivity contribution in [1.29, 1.82) is 0 Å². The zero-order valence-corrected chi connectivity index (χ0v) is 15.0. The number of hydrogen-bond donors (Lipinski definition) is 1. The van der Waals surface area contributed by atoms with Crippen molar-refractivity contribution in [2.75, 3.05) is 12.4 Å². The average Bonchev–Trinajstić information content (AvgIpc) is 2.92. The van der Waals surface area contributed by atoms with Gasteiger partial charge in [0.25, 0.3) is 0 Å². The highest BCUT2D eigenvalue weighted by molar-refractivity contribution is 6.01. The number of nitrogens with zero attached hydrogens (tertiary/aromatic N) is 1. The van der Waals surface area contributed by atoms with Gasteiger partial charge in [-0.2, -0.15) is 0 Å². The Morgan fingerprint density at radius 1 is 1.28 bits per heavy atom. The summed E-state index contributed by atoms with van der Waals surface area (Å²) in [5.74, 6) is 1.38. The van der Waals surface area contributed by atoms with Crippen molar-refractivity contribution in [3.8, 4) is 5.75 Å². The van der Waals surface area contributed by atoms with Crippen LogP contribution < -0.4 is 10.1 Å². The molecule has 2 aliphatic rings. The Labute approximate surface area is 147 Å². The van der Waals surface area contributed by atoms with E-state index in [0.717, 1.165) is 40.3 Å². The van der Waals surface area contributed by atoms with Gasteiger partial charge in [-0.25, -0.2) is 0 Å². The van der Waals surface area contributed by atoms with E-state index in [9.17, 15) is 4.79 Å². The zero-order chi connectivity index (χ0) is 17.8. The SMILES string of the molecule is COc1ccccc1[C@@H]1C2=C(CC(C)(C)CC2=O)Nc2onc(C)c21. The highest BCUT2D eigenvalue weighted by Crippen LogP contribution is 2.51. The fourth-order valence-corrected chi connectivity index (χ4v) is 4.09. The Bertz CT molecular complexity index is 892. The van der Waals surface area contributed by atoms with Crippen LogP contribution in [0.3, 0.4) is 0 Å². The highest BCUT2D eigenvalue weighted by Gasteiger charge is 2.43. The van der Waals surface area contributed by atoms with Gasteiger partial charge in [0.05, 0.1) is 24.3 Å². The van der Waals surface area contributed by atoms with E-state index in [1.165, 1.54) is 0 Å². The normalized spacial score (nSPS) is 21.4. The molecule has 1 aromatic carbocycles. The van der Waals surface area contributed by atoms with Gasteiger partial charge in [-0.1, -0.05) is 37.2 Å². The van der Waals surface area contributed by atoms with Crippen LogP contribution in [0.1, 0.15) is 49.4 Å². The van der Waals surface area contributed by atoms with Crippen molar-refractivity contribution >= 4 is 11.7 Å². The van der Waals surface area contributed by atoms with Crippen LogP contribution in [0, 0.1) is 12.3 Å². The second-order valence-electron chi connectivity index (χ2n) is 7.64. The molecule has 0 saturated heterocycles. The number of benzene rings is 1. The number of allylic oxidation sites excluding steroid dienone is 2. The lowest BCUT2D eigenvalue weighted by Gasteiger charge is -2.38. The molecule has 1 aromatic heterocycles. The van der Waals surface area contributed by atoms with Gasteiger partial charge in [-0.05, 0) is 24.8 Å². The smallest absolute Gasteiger partial charge is 0.233 e. The Morgan fingerprint density at radius 3 is 2.80 bits per heavy atom. The Kier molecular flexibility index (Phi) is 3.49. The maximum Gasteiger partial charge on any atom is 0.233 e. The molecule has 0 bridgehead atoms. The van der Waals surface area contributed by atoms with E-state index in [1.54, 1.807) is 7.11 Å². The van der Waals surface area contributed by atoms with Gasteiger partial charge in [-0.3, -0.25) is 4.79 Å². The van der Waals surface area contributed by atoms with E-state index in [-0.39, 0.29) is 17.1 Å². The monoisotopic (exact) mass is 338 g/mol. The number of ether oxygens (including phenoxy) is 1. The number of Topliss-reactive ketones (excluding diaryl/α,β-unsaturated/α-hetero) is 1. The summed E-state index contributed by atoms with van der Waals surface area (Å²) in [6.45, 7) is 6.15. The summed E-state index contributed by atoms with van der Waals surface area (Å²) in [5, 5.41) is 7.46. The number of aryl methyl sites for hydroxylation is 1. The zero-order valence-electron chi connectivity index (χ0n) is 15.0. The van der Waals surface area contributed by atoms with Gasteiger partial charge in [0.15, 0.2) is 5.78 Å². The van der Waals surface area contributed by atoms with E-state index in [2.05, 4.69) is 24.3 Å². The summed E-state index contributed by atoms with van der Waals surface area (Å²) in [4.78, 5) is 13.1. The predicted octanol–water partition coefficient (Wildman–Crippen LogP) is 4.19. The lowest BCUT2D eigenvalue weighted by molar-refractivity contribution is -0.118. The van der Waals surface area contributed by atoms with Crippen molar-refractivity contribution < 1.29 is 14.1 Å². The Balaban J connectivity index is 1.97. The first-order valence-corrected chi connectivity index (χ1v) is 8.53. The number of carbonyl (C=O) groups is 1. The molecule has 0 radical (unpaired) electrons. The first kappa shape index (κ1) is 15.9. The molecule has 1 N–H and O–H groups in total. The molecular formula is C20H22N2O3. The summed E-state index contributed by atoms with van der Waals surface area (Å²) in [6.07, 6.45) is 1.34. The van der Waals surface area contributed by atoms with Gasteiger partial charge < -0.3 is 14.6 Å². The summed E-state index contributed by atoms with van der Waals surface area (Å²) < 4.78 is 11.1. The number of nitrogens with one attached hydrogen (secondary N) is 1. The quantitative estimate of drug-likeness (QED) is 0.889. The lowest BCUT2D eigenvalue weighted by atomic mass is 9.69. The molecular weight excluding hydrogens is 316 g/mol. The highest BCUT2D eigenvalue weighted by atomic mass is 16.5. The minimum atomic E-state index is -0.211. The summed E-state index contributed by atoms with van der Waals surface area (Å²) in [7, 11) is 1.66. The van der Waals surface area contributed by atoms with Crippen molar-refractivity contribution in [2.45, 2.75) is 39.5 Å². The molecule has 0 fully saturated rings. The number of fused-ring (bicyclic) bond motifs is 1. The third-order valence-corrected chi connectivity index (χ3v) is 5.12. The molecule has 5 heteroatoms. The maximum atomic E-state index is 13.1. The van der Waals surface area contributed by atoms with E-state index in [1.807, 2.05) is 31.2 Å². The predicted molar refractivity (Wildman–Crippen MR) is 94.7 cm³/mol. The number of para-hydroxylation sites is 1. The maximum absolute atomic E-state index is 13.1. The molecule has 1 atom stereocenters. The van der Waals surface area contributed by atoms with E-state index in [4.69, 9.17) is 9.26 Å². The van der Waals surface area contributed by atoms with Crippen LogP contribution >= 0.6 is 0 Å². The fourth-order valence-electron chi connectivity index (χ4n) is 4.09. The van der Waals surface area contributed by atoms with Gasteiger partial charge in [-0.15, -0.1) is 0 Å². The molecule has 0 unspecified atom stereocenters. The second-order valence-corrected chi connectivity index (χ2v) is 7.64. The number of aromatic nitrogens is 1. The number of hydrogen-bond acceptors (Lipinski definition) is 5. The molecule has 1 aliphatic heterocycles. The van der Waals surface area contributed by atoms with Crippen LogP contribution in [0.2, 0.25) is 0 Å². The van der Waals surface area contributed by atoms with Crippen LogP contribution in [-0.2, 0) is 4.79 Å². The average molecular weight is 338 g/mol. The molecule has 25 heavy (non-hydrogen) atoms. The van der Waals surface area contributed by atoms with Gasteiger partial charge in [0.2, 0.25) is 5.88 Å². The minimum absolute atomic E-state index is 0.0686. The van der Waals surface area contributed by atoms with Crippen LogP contribution in [0.15, 0.2) is 40.1 Å². The minimum Gasteiger partial charge on any atom is -0.496 e. The molecule has 0 amide bonds. The number of anilines is 1. The molecule has 1 aliphatic carbocycles. The molecule has 5 nitrogen and oxygen atoms in total. The van der Waals surface area contributed by atoms with E-state index < -0.39 is 0 Å². The molecule has 130 valence electrons. The van der Waals surface area contributed by atoms with Gasteiger partial charge in [0, 0.05) is 23.3 Å². The standard InChI is InChI=1S/C20H22N2O3/c1-11-16-17(12-7-5-6-8-15(12)24-4)18-13(21-19(16)25-22-11)9-20(2,3)10-14(18)23/h5-8,17,21H,9-10H2,1-4H3/t17-/m0/s1. The summed E-state index contributed by atoms with van der Waals surface area (Å²) >= 11 is 0.